The van der Waals surface area contributed by atoms with Gasteiger partial charge in [-0.2, -0.15) is 5.10 Å². The largest absolute Gasteiger partial charge is 0.493 e. The van der Waals surface area contributed by atoms with Gasteiger partial charge < -0.3 is 19.7 Å². The first-order valence-electron chi connectivity index (χ1n) is 11.7. The zero-order chi connectivity index (χ0) is 23.2. The van der Waals surface area contributed by atoms with E-state index in [0.717, 1.165) is 53.3 Å². The number of para-hydroxylation sites is 1. The van der Waals surface area contributed by atoms with Gasteiger partial charge in [-0.1, -0.05) is 39.0 Å². The van der Waals surface area contributed by atoms with Gasteiger partial charge in [-0.05, 0) is 35.6 Å². The molecule has 33 heavy (non-hydrogen) atoms. The molecule has 3 aromatic rings. The number of anilines is 1. The number of aryl methyl sites for hydroxylation is 1. The Balaban J connectivity index is 1.55. The summed E-state index contributed by atoms with van der Waals surface area (Å²) in [4.78, 5) is 15.9. The normalized spacial score (nSPS) is 18.7. The van der Waals surface area contributed by atoms with E-state index in [-0.39, 0.29) is 17.4 Å². The highest BCUT2D eigenvalue weighted by atomic mass is 16.5. The fourth-order valence-corrected chi connectivity index (χ4v) is 5.07. The monoisotopic (exact) mass is 448 g/mol. The Bertz CT molecular complexity index is 1190. The number of fused-ring (bicyclic) bond motifs is 2. The maximum absolute atomic E-state index is 13.6. The molecule has 2 aliphatic rings. The van der Waals surface area contributed by atoms with Crippen LogP contribution in [-0.4, -0.2) is 48.4 Å². The van der Waals surface area contributed by atoms with Crippen molar-refractivity contribution in [2.75, 3.05) is 37.8 Å². The molecule has 0 radical (unpaired) electrons. The highest BCUT2D eigenvalue weighted by molar-refractivity contribution is 5.98. The second-order valence-electron chi connectivity index (χ2n) is 9.93. The van der Waals surface area contributed by atoms with Crippen LogP contribution in [0.15, 0.2) is 36.5 Å². The summed E-state index contributed by atoms with van der Waals surface area (Å²) < 4.78 is 13.3. The predicted octanol–water partition coefficient (Wildman–Crippen LogP) is 4.03. The highest BCUT2D eigenvalue weighted by Gasteiger charge is 2.30. The molecule has 7 nitrogen and oxygen atoms in total. The third-order valence-electron chi connectivity index (χ3n) is 6.53. The Labute approximate surface area is 194 Å². The molecule has 2 aromatic heterocycles. The lowest BCUT2D eigenvalue weighted by molar-refractivity contribution is 0.0922. The molecule has 7 heteroatoms. The third kappa shape index (κ3) is 3.95. The second kappa shape index (κ2) is 8.37. The number of carbonyl (C=O) groups is 1. The van der Waals surface area contributed by atoms with Crippen molar-refractivity contribution >= 4 is 17.2 Å². The molecule has 2 aliphatic heterocycles. The summed E-state index contributed by atoms with van der Waals surface area (Å²) in [7, 11) is 0. The van der Waals surface area contributed by atoms with Crippen molar-refractivity contribution in [2.45, 2.75) is 45.6 Å². The SMILES string of the molecule is Cc1cc2c(C(C)(C)C)c(C(=O)N[C@H]3CCOc4ccccc43)cnn2c1N1CCOCC1. The van der Waals surface area contributed by atoms with Crippen LogP contribution < -0.4 is 15.0 Å². The van der Waals surface area contributed by atoms with E-state index >= 15 is 0 Å². The molecule has 0 saturated carbocycles. The van der Waals surface area contributed by atoms with Crippen LogP contribution in [0.1, 0.15) is 60.3 Å². The van der Waals surface area contributed by atoms with Gasteiger partial charge in [0.2, 0.25) is 0 Å². The number of rotatable bonds is 3. The van der Waals surface area contributed by atoms with Gasteiger partial charge in [0.15, 0.2) is 0 Å². The van der Waals surface area contributed by atoms with E-state index in [1.165, 1.54) is 0 Å². The van der Waals surface area contributed by atoms with Gasteiger partial charge in [-0.15, -0.1) is 0 Å². The maximum Gasteiger partial charge on any atom is 0.253 e. The van der Waals surface area contributed by atoms with Gasteiger partial charge in [0.05, 0.1) is 43.1 Å². The molecule has 0 aliphatic carbocycles. The molecule has 0 bridgehead atoms. The van der Waals surface area contributed by atoms with Gasteiger partial charge in [0.1, 0.15) is 11.6 Å². The summed E-state index contributed by atoms with van der Waals surface area (Å²) in [6.07, 6.45) is 2.48. The minimum absolute atomic E-state index is 0.0797. The Hall–Kier alpha value is -3.06. The zero-order valence-corrected chi connectivity index (χ0v) is 19.9. The number of ether oxygens (including phenoxy) is 2. The van der Waals surface area contributed by atoms with Crippen LogP contribution in [-0.2, 0) is 10.2 Å². The molecule has 1 fully saturated rings. The number of aromatic nitrogens is 2. The smallest absolute Gasteiger partial charge is 0.253 e. The first-order chi connectivity index (χ1) is 15.8. The summed E-state index contributed by atoms with van der Waals surface area (Å²) in [6.45, 7) is 12.3. The van der Waals surface area contributed by atoms with Crippen LogP contribution in [0.2, 0.25) is 0 Å². The van der Waals surface area contributed by atoms with E-state index in [1.807, 2.05) is 28.8 Å². The number of nitrogens with one attached hydrogen (secondary N) is 1. The van der Waals surface area contributed by atoms with Crippen LogP contribution in [0.5, 0.6) is 5.75 Å². The summed E-state index contributed by atoms with van der Waals surface area (Å²) in [5.74, 6) is 1.84. The lowest BCUT2D eigenvalue weighted by Gasteiger charge is -2.30. The van der Waals surface area contributed by atoms with Crippen molar-refractivity contribution in [3.05, 3.63) is 58.8 Å². The summed E-state index contributed by atoms with van der Waals surface area (Å²) in [5, 5.41) is 8.02. The fraction of sp³-hybridized carbons (Fsp3) is 0.462. The predicted molar refractivity (Wildman–Crippen MR) is 128 cm³/mol. The van der Waals surface area contributed by atoms with Gasteiger partial charge in [0, 0.05) is 25.1 Å². The maximum atomic E-state index is 13.6. The van der Waals surface area contributed by atoms with E-state index < -0.39 is 0 Å². The first-order valence-corrected chi connectivity index (χ1v) is 11.7. The minimum atomic E-state index is -0.239. The molecular formula is C26H32N4O3. The van der Waals surface area contributed by atoms with Crippen molar-refractivity contribution in [3.8, 4) is 5.75 Å². The highest BCUT2D eigenvalue weighted by Crippen LogP contribution is 2.36. The number of nitrogens with zero attached hydrogens (tertiary/aromatic N) is 3. The number of morpholine rings is 1. The van der Waals surface area contributed by atoms with Crippen molar-refractivity contribution in [1.82, 2.24) is 14.9 Å². The van der Waals surface area contributed by atoms with E-state index in [4.69, 9.17) is 14.6 Å². The van der Waals surface area contributed by atoms with Crippen LogP contribution in [0.25, 0.3) is 5.52 Å². The quantitative estimate of drug-likeness (QED) is 0.655. The first kappa shape index (κ1) is 21.8. The molecule has 1 saturated heterocycles. The fourth-order valence-electron chi connectivity index (χ4n) is 5.07. The number of carbonyl (C=O) groups excluding carboxylic acids is 1. The van der Waals surface area contributed by atoms with Crippen molar-refractivity contribution < 1.29 is 14.3 Å². The second-order valence-corrected chi connectivity index (χ2v) is 9.93. The average Bonchev–Trinajstić information content (AvgIpc) is 3.14. The van der Waals surface area contributed by atoms with Crippen LogP contribution in [0.3, 0.4) is 0 Å². The van der Waals surface area contributed by atoms with Crippen LogP contribution in [0.4, 0.5) is 5.82 Å². The lowest BCUT2D eigenvalue weighted by Crippen LogP contribution is -2.37. The van der Waals surface area contributed by atoms with Crippen molar-refractivity contribution in [3.63, 3.8) is 0 Å². The third-order valence-corrected chi connectivity index (χ3v) is 6.53. The molecule has 5 rings (SSSR count). The molecule has 4 heterocycles. The molecule has 174 valence electrons. The molecule has 1 aromatic carbocycles. The summed E-state index contributed by atoms with van der Waals surface area (Å²) in [6, 6.07) is 10.0. The number of amides is 1. The summed E-state index contributed by atoms with van der Waals surface area (Å²) in [5.41, 5.74) is 4.57. The van der Waals surface area contributed by atoms with Crippen molar-refractivity contribution in [1.29, 1.82) is 0 Å². The minimum Gasteiger partial charge on any atom is -0.493 e. The molecule has 0 spiro atoms. The van der Waals surface area contributed by atoms with E-state index in [2.05, 4.69) is 44.0 Å². The molecule has 1 atom stereocenters. The van der Waals surface area contributed by atoms with Crippen LogP contribution >= 0.6 is 0 Å². The van der Waals surface area contributed by atoms with E-state index in [0.29, 0.717) is 25.4 Å². The number of hydrogen-bond acceptors (Lipinski definition) is 5. The van der Waals surface area contributed by atoms with Gasteiger partial charge in [0.25, 0.3) is 5.91 Å². The Kier molecular flexibility index (Phi) is 5.52. The average molecular weight is 449 g/mol. The molecule has 0 unspecified atom stereocenters. The lowest BCUT2D eigenvalue weighted by atomic mass is 9.83. The number of benzene rings is 1. The van der Waals surface area contributed by atoms with E-state index in [9.17, 15) is 4.79 Å². The Morgan fingerprint density at radius 2 is 1.91 bits per heavy atom. The molecule has 1 amide bonds. The molecule has 1 N–H and O–H groups in total. The van der Waals surface area contributed by atoms with Gasteiger partial charge >= 0.3 is 0 Å². The Morgan fingerprint density at radius 1 is 1.15 bits per heavy atom. The van der Waals surface area contributed by atoms with Crippen molar-refractivity contribution in [2.24, 2.45) is 0 Å². The van der Waals surface area contributed by atoms with Gasteiger partial charge in [-0.25, -0.2) is 4.52 Å². The molecular weight excluding hydrogens is 416 g/mol. The topological polar surface area (TPSA) is 68.1 Å². The zero-order valence-electron chi connectivity index (χ0n) is 19.9. The van der Waals surface area contributed by atoms with E-state index in [1.54, 1.807) is 6.20 Å². The summed E-state index contributed by atoms with van der Waals surface area (Å²) >= 11 is 0. The standard InChI is InChI=1S/C26H32N4O3/c1-17-15-21-23(26(2,3)4)19(16-27-30(21)25(17)29-10-13-32-14-11-29)24(31)28-20-9-12-33-22-8-6-5-7-18(20)22/h5-8,15-16,20H,9-14H2,1-4H3,(H,28,31)/t20-/m0/s1. The Morgan fingerprint density at radius 3 is 2.67 bits per heavy atom. The van der Waals surface area contributed by atoms with Gasteiger partial charge in [-0.3, -0.25) is 4.79 Å². The van der Waals surface area contributed by atoms with Crippen LogP contribution in [0, 0.1) is 6.92 Å². The number of hydrogen-bond donors (Lipinski definition) is 1.